The molecule has 3 rings (SSSR count). The van der Waals surface area contributed by atoms with Crippen LogP contribution in [0.3, 0.4) is 0 Å². The molecule has 11 heteroatoms. The molecule has 3 aromatic rings. The van der Waals surface area contributed by atoms with E-state index in [0.717, 1.165) is 4.47 Å². The lowest BCUT2D eigenvalue weighted by Crippen LogP contribution is -2.16. The van der Waals surface area contributed by atoms with Crippen LogP contribution in [0.1, 0.15) is 20.7 Å². The Morgan fingerprint density at radius 2 is 1.77 bits per heavy atom. The van der Waals surface area contributed by atoms with Crippen molar-refractivity contribution in [1.29, 1.82) is 0 Å². The third-order valence-corrected chi connectivity index (χ3v) is 4.80. The van der Waals surface area contributed by atoms with Crippen molar-refractivity contribution in [3.05, 3.63) is 76.5 Å². The molecular weight excluding hydrogens is 485 g/mol. The van der Waals surface area contributed by atoms with Crippen LogP contribution in [0.4, 0.5) is 24.7 Å². The number of benzene rings is 1. The summed E-state index contributed by atoms with van der Waals surface area (Å²) in [7, 11) is 0. The van der Waals surface area contributed by atoms with Gasteiger partial charge in [0.2, 0.25) is 0 Å². The molecule has 0 saturated heterocycles. The lowest BCUT2D eigenvalue weighted by molar-refractivity contribution is -0.0329. The maximum absolute atomic E-state index is 12.7. The van der Waals surface area contributed by atoms with Crippen LogP contribution in [0.25, 0.3) is 0 Å². The van der Waals surface area contributed by atoms with Crippen molar-refractivity contribution in [2.24, 2.45) is 0 Å². The van der Waals surface area contributed by atoms with Gasteiger partial charge in [-0.2, -0.15) is 13.2 Å². The molecule has 0 spiro atoms. The standard InChI is InChI=1S/C19H12BrF3N4O2S/c20-12-6-7-15(25-10-12)27-16(28)11-3-1-4-13(9-11)26-17(29)14-5-2-8-24-18(14)30-19(21,22)23/h1-10H,(H,26,29)(H,25,27,28). The molecule has 0 saturated carbocycles. The van der Waals surface area contributed by atoms with E-state index >= 15 is 0 Å². The van der Waals surface area contributed by atoms with E-state index in [4.69, 9.17) is 0 Å². The van der Waals surface area contributed by atoms with Gasteiger partial charge in [0, 0.05) is 39.9 Å². The highest BCUT2D eigenvalue weighted by Crippen LogP contribution is 2.37. The third kappa shape index (κ3) is 6.04. The Bertz CT molecular complexity index is 1080. The fraction of sp³-hybridized carbons (Fsp3) is 0.0526. The number of rotatable bonds is 5. The van der Waals surface area contributed by atoms with E-state index in [1.807, 2.05) is 0 Å². The van der Waals surface area contributed by atoms with Gasteiger partial charge in [0.1, 0.15) is 10.8 Å². The minimum Gasteiger partial charge on any atom is -0.322 e. The molecule has 154 valence electrons. The van der Waals surface area contributed by atoms with E-state index in [0.29, 0.717) is 5.82 Å². The van der Waals surface area contributed by atoms with Crippen molar-refractivity contribution < 1.29 is 22.8 Å². The summed E-state index contributed by atoms with van der Waals surface area (Å²) in [5.41, 5.74) is -4.34. The topological polar surface area (TPSA) is 84.0 Å². The van der Waals surface area contributed by atoms with Gasteiger partial charge in [-0.1, -0.05) is 6.07 Å². The zero-order chi connectivity index (χ0) is 21.7. The second-order valence-electron chi connectivity index (χ2n) is 5.75. The Morgan fingerprint density at radius 1 is 0.967 bits per heavy atom. The lowest BCUT2D eigenvalue weighted by atomic mass is 10.1. The molecule has 0 aliphatic heterocycles. The van der Waals surface area contributed by atoms with Gasteiger partial charge < -0.3 is 10.6 Å². The van der Waals surface area contributed by atoms with Crippen molar-refractivity contribution in [2.75, 3.05) is 10.6 Å². The van der Waals surface area contributed by atoms with Crippen molar-refractivity contribution >= 4 is 51.0 Å². The van der Waals surface area contributed by atoms with E-state index in [9.17, 15) is 22.8 Å². The minimum atomic E-state index is -4.58. The van der Waals surface area contributed by atoms with Gasteiger partial charge in [-0.25, -0.2) is 9.97 Å². The predicted octanol–water partition coefficient (Wildman–Crippen LogP) is 5.36. The Labute approximate surface area is 181 Å². The van der Waals surface area contributed by atoms with Gasteiger partial charge in [-0.15, -0.1) is 0 Å². The number of alkyl halides is 3. The van der Waals surface area contributed by atoms with Gasteiger partial charge in [0.25, 0.3) is 11.8 Å². The zero-order valence-electron chi connectivity index (χ0n) is 14.9. The van der Waals surface area contributed by atoms with Crippen LogP contribution < -0.4 is 10.6 Å². The molecule has 0 fully saturated rings. The van der Waals surface area contributed by atoms with Crippen LogP contribution in [-0.2, 0) is 0 Å². The number of amides is 2. The first-order valence-electron chi connectivity index (χ1n) is 8.26. The van der Waals surface area contributed by atoms with E-state index in [1.54, 1.807) is 12.1 Å². The van der Waals surface area contributed by atoms with Crippen molar-refractivity contribution in [1.82, 2.24) is 9.97 Å². The second kappa shape index (κ2) is 9.26. The SMILES string of the molecule is O=C(Nc1ccc(Br)cn1)c1cccc(NC(=O)c2cccnc2SC(F)(F)F)c1. The van der Waals surface area contributed by atoms with Crippen LogP contribution in [0.15, 0.2) is 70.4 Å². The van der Waals surface area contributed by atoms with Gasteiger partial charge in [0.05, 0.1) is 5.56 Å². The lowest BCUT2D eigenvalue weighted by Gasteiger charge is -2.11. The molecule has 0 unspecified atom stereocenters. The molecule has 2 heterocycles. The molecule has 0 aliphatic rings. The minimum absolute atomic E-state index is 0.228. The number of nitrogens with one attached hydrogen (secondary N) is 2. The molecule has 0 atom stereocenters. The fourth-order valence-corrected chi connectivity index (χ4v) is 3.17. The molecule has 30 heavy (non-hydrogen) atoms. The van der Waals surface area contributed by atoms with E-state index in [-0.39, 0.29) is 16.8 Å². The van der Waals surface area contributed by atoms with Crippen LogP contribution in [0.2, 0.25) is 0 Å². The summed E-state index contributed by atoms with van der Waals surface area (Å²) >= 11 is 2.78. The number of anilines is 2. The zero-order valence-corrected chi connectivity index (χ0v) is 17.3. The molecule has 1 aromatic carbocycles. The third-order valence-electron chi connectivity index (χ3n) is 3.58. The predicted molar refractivity (Wildman–Crippen MR) is 110 cm³/mol. The molecular formula is C19H12BrF3N4O2S. The van der Waals surface area contributed by atoms with Crippen molar-refractivity contribution in [2.45, 2.75) is 10.5 Å². The Hall–Kier alpha value is -2.92. The number of pyridine rings is 2. The number of carbonyl (C=O) groups is 2. The first-order chi connectivity index (χ1) is 14.2. The summed E-state index contributed by atoms with van der Waals surface area (Å²) in [6.07, 6.45) is 2.70. The highest BCUT2D eigenvalue weighted by atomic mass is 79.9. The number of aromatic nitrogens is 2. The first-order valence-corrected chi connectivity index (χ1v) is 9.87. The number of thioether (sulfide) groups is 1. The monoisotopic (exact) mass is 496 g/mol. The highest BCUT2D eigenvalue weighted by molar-refractivity contribution is 9.10. The maximum Gasteiger partial charge on any atom is 0.447 e. The number of nitrogens with zero attached hydrogens (tertiary/aromatic N) is 2. The summed E-state index contributed by atoms with van der Waals surface area (Å²) < 4.78 is 38.8. The molecule has 0 radical (unpaired) electrons. The number of hydrogen-bond donors (Lipinski definition) is 2. The van der Waals surface area contributed by atoms with Crippen molar-refractivity contribution in [3.63, 3.8) is 0 Å². The maximum atomic E-state index is 12.7. The normalized spacial score (nSPS) is 11.1. The molecule has 2 N–H and O–H groups in total. The van der Waals surface area contributed by atoms with Gasteiger partial charge in [-0.3, -0.25) is 9.59 Å². The van der Waals surface area contributed by atoms with Crippen LogP contribution in [0, 0.1) is 0 Å². The smallest absolute Gasteiger partial charge is 0.322 e. The van der Waals surface area contributed by atoms with E-state index < -0.39 is 34.1 Å². The summed E-state index contributed by atoms with van der Waals surface area (Å²) in [5.74, 6) is -0.903. The van der Waals surface area contributed by atoms with Crippen LogP contribution in [-0.4, -0.2) is 27.3 Å². The Morgan fingerprint density at radius 3 is 2.47 bits per heavy atom. The summed E-state index contributed by atoms with van der Waals surface area (Å²) in [6.45, 7) is 0. The summed E-state index contributed by atoms with van der Waals surface area (Å²) in [4.78, 5) is 32.6. The quantitative estimate of drug-likeness (QED) is 0.464. The number of halogens is 4. The average Bonchev–Trinajstić information content (AvgIpc) is 2.69. The molecule has 0 bridgehead atoms. The van der Waals surface area contributed by atoms with E-state index in [1.165, 1.54) is 48.8 Å². The van der Waals surface area contributed by atoms with Crippen LogP contribution >= 0.6 is 27.7 Å². The Kier molecular flexibility index (Phi) is 6.73. The summed E-state index contributed by atoms with van der Waals surface area (Å²) in [6, 6.07) is 11.9. The molecule has 2 amide bonds. The fourth-order valence-electron chi connectivity index (χ4n) is 2.33. The summed E-state index contributed by atoms with van der Waals surface area (Å²) in [5, 5.41) is 4.64. The highest BCUT2D eigenvalue weighted by Gasteiger charge is 2.32. The second-order valence-corrected chi connectivity index (χ2v) is 7.72. The Balaban J connectivity index is 1.75. The first kappa shape index (κ1) is 21.8. The molecule has 6 nitrogen and oxygen atoms in total. The van der Waals surface area contributed by atoms with Gasteiger partial charge in [0.15, 0.2) is 0 Å². The molecule has 2 aromatic heterocycles. The number of hydrogen-bond acceptors (Lipinski definition) is 5. The van der Waals surface area contributed by atoms with Gasteiger partial charge >= 0.3 is 5.51 Å². The van der Waals surface area contributed by atoms with E-state index in [2.05, 4.69) is 36.5 Å². The van der Waals surface area contributed by atoms with Gasteiger partial charge in [-0.05, 0) is 58.4 Å². The van der Waals surface area contributed by atoms with Crippen molar-refractivity contribution in [3.8, 4) is 0 Å². The largest absolute Gasteiger partial charge is 0.447 e. The average molecular weight is 497 g/mol. The number of carbonyl (C=O) groups excluding carboxylic acids is 2. The molecule has 0 aliphatic carbocycles. The van der Waals surface area contributed by atoms with Crippen LogP contribution in [0.5, 0.6) is 0 Å².